The number of benzene rings is 1. The van der Waals surface area contributed by atoms with E-state index in [4.69, 9.17) is 4.74 Å². The Hall–Kier alpha value is -2.21. The van der Waals surface area contributed by atoms with Crippen LogP contribution in [-0.4, -0.2) is 12.1 Å². The summed E-state index contributed by atoms with van der Waals surface area (Å²) in [6.45, 7) is 2.10. The van der Waals surface area contributed by atoms with Gasteiger partial charge in [-0.25, -0.2) is 0 Å². The summed E-state index contributed by atoms with van der Waals surface area (Å²) < 4.78 is 5.36. The fraction of sp³-hybridized carbons (Fsp3) is 0.267. The monoisotopic (exact) mass is 240 g/mol. The number of nitrogens with one attached hydrogen (secondary N) is 1. The molecule has 2 rings (SSSR count). The Morgan fingerprint density at radius 3 is 2.78 bits per heavy atom. The van der Waals surface area contributed by atoms with Crippen LogP contribution in [0.3, 0.4) is 0 Å². The molecule has 92 valence electrons. The number of rotatable bonds is 4. The van der Waals surface area contributed by atoms with Crippen LogP contribution in [0.2, 0.25) is 0 Å². The molecular weight excluding hydrogens is 224 g/mol. The van der Waals surface area contributed by atoms with E-state index >= 15 is 0 Å². The molecule has 3 heteroatoms. The highest BCUT2D eigenvalue weighted by molar-refractivity contribution is 5.47. The van der Waals surface area contributed by atoms with Gasteiger partial charge in [-0.3, -0.25) is 0 Å². The molecule has 0 aliphatic rings. The first kappa shape index (κ1) is 12.3. The zero-order chi connectivity index (χ0) is 13.0. The Kier molecular flexibility index (Phi) is 3.69. The molecule has 0 aliphatic carbocycles. The normalized spacial score (nSPS) is 11.8. The van der Waals surface area contributed by atoms with Crippen LogP contribution in [0.4, 0.5) is 0 Å². The number of H-pyrrole nitrogens is 1. The molecule has 18 heavy (non-hydrogen) atoms. The fourth-order valence-corrected chi connectivity index (χ4v) is 2.07. The number of hydrogen-bond donors (Lipinski definition) is 1. The van der Waals surface area contributed by atoms with Gasteiger partial charge in [-0.05, 0) is 29.7 Å². The lowest BCUT2D eigenvalue weighted by atomic mass is 9.92. The van der Waals surface area contributed by atoms with Gasteiger partial charge in [0.15, 0.2) is 0 Å². The number of nitriles is 1. The summed E-state index contributed by atoms with van der Waals surface area (Å²) in [4.78, 5) is 2.99. The Morgan fingerprint density at radius 2 is 2.22 bits per heavy atom. The van der Waals surface area contributed by atoms with Crippen molar-refractivity contribution in [2.45, 2.75) is 19.3 Å². The maximum Gasteiger partial charge on any atom is 0.123 e. The topological polar surface area (TPSA) is 48.8 Å². The van der Waals surface area contributed by atoms with Gasteiger partial charge in [0.1, 0.15) is 11.7 Å². The number of aromatic nitrogens is 1. The molecule has 1 aromatic carbocycles. The number of methoxy groups -OCH3 is 1. The second-order valence-electron chi connectivity index (χ2n) is 4.14. The zero-order valence-corrected chi connectivity index (χ0v) is 10.6. The molecule has 0 radical (unpaired) electrons. The summed E-state index contributed by atoms with van der Waals surface area (Å²) in [5, 5.41) is 9.42. The highest BCUT2D eigenvalue weighted by atomic mass is 16.5. The van der Waals surface area contributed by atoms with Crippen LogP contribution in [0.25, 0.3) is 0 Å². The summed E-state index contributed by atoms with van der Waals surface area (Å²) in [7, 11) is 1.63. The minimum absolute atomic E-state index is 0.294. The molecule has 1 atom stereocenters. The van der Waals surface area contributed by atoms with Crippen LogP contribution >= 0.6 is 0 Å². The van der Waals surface area contributed by atoms with Crippen molar-refractivity contribution in [3.8, 4) is 11.8 Å². The van der Waals surface area contributed by atoms with E-state index in [0.717, 1.165) is 23.3 Å². The maximum atomic E-state index is 9.42. The summed E-state index contributed by atoms with van der Waals surface area (Å²) in [5.74, 6) is 0.470. The van der Waals surface area contributed by atoms with Gasteiger partial charge in [0.25, 0.3) is 0 Å². The van der Waals surface area contributed by atoms with E-state index in [1.807, 2.05) is 30.6 Å². The maximum absolute atomic E-state index is 9.42. The quantitative estimate of drug-likeness (QED) is 0.891. The first-order chi connectivity index (χ1) is 8.80. The molecule has 0 amide bonds. The van der Waals surface area contributed by atoms with Crippen molar-refractivity contribution in [2.24, 2.45) is 0 Å². The minimum atomic E-state index is -0.294. The molecule has 0 bridgehead atoms. The number of aryl methyl sites for hydroxylation is 1. The third-order valence-corrected chi connectivity index (χ3v) is 3.10. The Morgan fingerprint density at radius 1 is 1.39 bits per heavy atom. The summed E-state index contributed by atoms with van der Waals surface area (Å²) in [5.41, 5.74) is 3.10. The van der Waals surface area contributed by atoms with Crippen LogP contribution in [0, 0.1) is 11.3 Å². The average Bonchev–Trinajstić information content (AvgIpc) is 2.93. The number of ether oxygens (including phenoxy) is 1. The molecule has 3 nitrogen and oxygen atoms in total. The van der Waals surface area contributed by atoms with Crippen molar-refractivity contribution < 1.29 is 4.74 Å². The molecule has 1 aromatic heterocycles. The summed E-state index contributed by atoms with van der Waals surface area (Å²) in [6.07, 6.45) is 4.63. The molecule has 1 N–H and O–H groups in total. The lowest BCUT2D eigenvalue weighted by Gasteiger charge is -2.14. The first-order valence-corrected chi connectivity index (χ1v) is 5.99. The van der Waals surface area contributed by atoms with Crippen LogP contribution in [0.5, 0.6) is 5.75 Å². The number of nitrogens with zero attached hydrogens (tertiary/aromatic N) is 1. The van der Waals surface area contributed by atoms with Crippen LogP contribution in [-0.2, 0) is 6.42 Å². The lowest BCUT2D eigenvalue weighted by Crippen LogP contribution is -2.01. The largest absolute Gasteiger partial charge is 0.496 e. The number of aromatic amines is 1. The second kappa shape index (κ2) is 5.42. The van der Waals surface area contributed by atoms with Crippen molar-refractivity contribution in [3.63, 3.8) is 0 Å². The Balaban J connectivity index is 2.50. The third kappa shape index (κ3) is 2.23. The zero-order valence-electron chi connectivity index (χ0n) is 10.6. The van der Waals surface area contributed by atoms with Crippen LogP contribution in [0.15, 0.2) is 36.7 Å². The first-order valence-electron chi connectivity index (χ1n) is 5.99. The molecule has 0 fully saturated rings. The van der Waals surface area contributed by atoms with Gasteiger partial charge in [-0.2, -0.15) is 5.26 Å². The van der Waals surface area contributed by atoms with E-state index in [-0.39, 0.29) is 5.92 Å². The molecular formula is C15H16N2O. The molecule has 1 heterocycles. The van der Waals surface area contributed by atoms with Gasteiger partial charge in [0.2, 0.25) is 0 Å². The summed E-state index contributed by atoms with van der Waals surface area (Å²) >= 11 is 0. The average molecular weight is 240 g/mol. The van der Waals surface area contributed by atoms with Crippen molar-refractivity contribution in [1.29, 1.82) is 5.26 Å². The SMILES string of the molecule is CCc1ccc(OC)c(C(C#N)c2cc[nH]c2)c1. The van der Waals surface area contributed by atoms with Gasteiger partial charge < -0.3 is 9.72 Å². The van der Waals surface area contributed by atoms with Crippen molar-refractivity contribution in [2.75, 3.05) is 7.11 Å². The van der Waals surface area contributed by atoms with E-state index in [9.17, 15) is 5.26 Å². The standard InChI is InChI=1S/C15H16N2O/c1-3-11-4-5-15(18-2)13(8-11)14(9-16)12-6-7-17-10-12/h4-8,10,14,17H,3H2,1-2H3. The highest BCUT2D eigenvalue weighted by Gasteiger charge is 2.18. The molecule has 2 aromatic rings. The van der Waals surface area contributed by atoms with Gasteiger partial charge in [0, 0.05) is 18.0 Å². The van der Waals surface area contributed by atoms with E-state index in [1.54, 1.807) is 7.11 Å². The van der Waals surface area contributed by atoms with Crippen LogP contribution < -0.4 is 4.74 Å². The van der Waals surface area contributed by atoms with Crippen molar-refractivity contribution >= 4 is 0 Å². The van der Waals surface area contributed by atoms with E-state index < -0.39 is 0 Å². The molecule has 0 saturated heterocycles. The smallest absolute Gasteiger partial charge is 0.123 e. The van der Waals surface area contributed by atoms with Gasteiger partial charge in [-0.1, -0.05) is 19.1 Å². The molecule has 0 saturated carbocycles. The van der Waals surface area contributed by atoms with E-state index in [1.165, 1.54) is 5.56 Å². The lowest BCUT2D eigenvalue weighted by molar-refractivity contribution is 0.409. The fourth-order valence-electron chi connectivity index (χ4n) is 2.07. The molecule has 0 spiro atoms. The van der Waals surface area contributed by atoms with Gasteiger partial charge >= 0.3 is 0 Å². The van der Waals surface area contributed by atoms with Crippen molar-refractivity contribution in [1.82, 2.24) is 4.98 Å². The minimum Gasteiger partial charge on any atom is -0.496 e. The van der Waals surface area contributed by atoms with Gasteiger partial charge in [-0.15, -0.1) is 0 Å². The van der Waals surface area contributed by atoms with Gasteiger partial charge in [0.05, 0.1) is 13.2 Å². The third-order valence-electron chi connectivity index (χ3n) is 3.10. The Bertz CT molecular complexity index is 552. The predicted octanol–water partition coefficient (Wildman–Crippen LogP) is 3.24. The van der Waals surface area contributed by atoms with Crippen LogP contribution in [0.1, 0.15) is 29.5 Å². The molecule has 1 unspecified atom stereocenters. The van der Waals surface area contributed by atoms with Crippen molar-refractivity contribution in [3.05, 3.63) is 53.3 Å². The molecule has 0 aliphatic heterocycles. The number of hydrogen-bond acceptors (Lipinski definition) is 2. The second-order valence-corrected chi connectivity index (χ2v) is 4.14. The summed E-state index contributed by atoms with van der Waals surface area (Å²) in [6, 6.07) is 10.3. The Labute approximate surface area is 107 Å². The predicted molar refractivity (Wildman–Crippen MR) is 70.6 cm³/mol. The van der Waals surface area contributed by atoms with E-state index in [0.29, 0.717) is 0 Å². The van der Waals surface area contributed by atoms with E-state index in [2.05, 4.69) is 24.0 Å². The highest BCUT2D eigenvalue weighted by Crippen LogP contribution is 2.32.